The van der Waals surface area contributed by atoms with Crippen molar-refractivity contribution in [3.05, 3.63) is 58.9 Å². The Morgan fingerprint density at radius 3 is 2.61 bits per heavy atom. The Kier molecular flexibility index (Phi) is 2.34. The van der Waals surface area contributed by atoms with Crippen molar-refractivity contribution in [3.8, 4) is 11.1 Å². The molecule has 0 bridgehead atoms. The largest absolute Gasteiger partial charge is 0.384 e. The van der Waals surface area contributed by atoms with Crippen molar-refractivity contribution in [3.63, 3.8) is 0 Å². The Balaban J connectivity index is 2.29. The van der Waals surface area contributed by atoms with E-state index in [-0.39, 0.29) is 5.56 Å². The SMILES string of the molecule is Nc1ccc2cc(-c3ccccc3)c(=O)[nH]c2n1. The number of aromatic nitrogens is 2. The number of rotatable bonds is 1. The van der Waals surface area contributed by atoms with E-state index in [0.29, 0.717) is 17.0 Å². The summed E-state index contributed by atoms with van der Waals surface area (Å²) in [5.41, 5.74) is 7.46. The van der Waals surface area contributed by atoms with Crippen LogP contribution < -0.4 is 11.3 Å². The number of nitrogens with two attached hydrogens (primary N) is 1. The van der Waals surface area contributed by atoms with Crippen molar-refractivity contribution >= 4 is 16.9 Å². The van der Waals surface area contributed by atoms with Gasteiger partial charge in [0, 0.05) is 10.9 Å². The van der Waals surface area contributed by atoms with Gasteiger partial charge >= 0.3 is 0 Å². The monoisotopic (exact) mass is 237 g/mol. The van der Waals surface area contributed by atoms with Gasteiger partial charge in [-0.15, -0.1) is 0 Å². The van der Waals surface area contributed by atoms with Gasteiger partial charge < -0.3 is 10.7 Å². The third-order valence-electron chi connectivity index (χ3n) is 2.81. The van der Waals surface area contributed by atoms with Crippen LogP contribution in [0, 0.1) is 0 Å². The van der Waals surface area contributed by atoms with Gasteiger partial charge in [0.15, 0.2) is 0 Å². The lowest BCUT2D eigenvalue weighted by molar-refractivity contribution is 1.24. The quantitative estimate of drug-likeness (QED) is 0.681. The molecule has 1 aromatic carbocycles. The summed E-state index contributed by atoms with van der Waals surface area (Å²) in [6.45, 7) is 0. The molecule has 0 saturated heterocycles. The molecule has 0 fully saturated rings. The topological polar surface area (TPSA) is 71.8 Å². The first kappa shape index (κ1) is 10.5. The molecule has 0 aliphatic carbocycles. The first-order valence-electron chi connectivity index (χ1n) is 5.59. The molecule has 0 spiro atoms. The predicted octanol–water partition coefficient (Wildman–Crippen LogP) is 2.17. The number of nitrogen functional groups attached to an aromatic ring is 1. The van der Waals surface area contributed by atoms with Crippen LogP contribution in [0.15, 0.2) is 53.3 Å². The summed E-state index contributed by atoms with van der Waals surface area (Å²) >= 11 is 0. The molecule has 0 radical (unpaired) electrons. The maximum atomic E-state index is 12.0. The van der Waals surface area contributed by atoms with Gasteiger partial charge in [0.05, 0.1) is 0 Å². The summed E-state index contributed by atoms with van der Waals surface area (Å²) in [6.07, 6.45) is 0. The maximum Gasteiger partial charge on any atom is 0.257 e. The molecule has 0 saturated carbocycles. The van der Waals surface area contributed by atoms with Gasteiger partial charge in [0.2, 0.25) is 0 Å². The summed E-state index contributed by atoms with van der Waals surface area (Å²) in [4.78, 5) is 18.9. The third kappa shape index (κ3) is 1.73. The molecule has 88 valence electrons. The minimum absolute atomic E-state index is 0.160. The number of benzene rings is 1. The summed E-state index contributed by atoms with van der Waals surface area (Å²) in [5, 5.41) is 0.864. The average Bonchev–Trinajstić information content (AvgIpc) is 2.39. The van der Waals surface area contributed by atoms with Crippen LogP contribution in [0.3, 0.4) is 0 Å². The average molecular weight is 237 g/mol. The second-order valence-corrected chi connectivity index (χ2v) is 4.05. The molecule has 0 aliphatic rings. The number of nitrogens with zero attached hydrogens (tertiary/aromatic N) is 1. The highest BCUT2D eigenvalue weighted by Crippen LogP contribution is 2.18. The lowest BCUT2D eigenvalue weighted by Crippen LogP contribution is -2.09. The van der Waals surface area contributed by atoms with Crippen molar-refractivity contribution in [2.24, 2.45) is 0 Å². The van der Waals surface area contributed by atoms with Crippen molar-refractivity contribution in [1.82, 2.24) is 9.97 Å². The molecule has 0 atom stereocenters. The van der Waals surface area contributed by atoms with E-state index in [2.05, 4.69) is 9.97 Å². The van der Waals surface area contributed by atoms with E-state index >= 15 is 0 Å². The smallest absolute Gasteiger partial charge is 0.257 e. The normalized spacial score (nSPS) is 10.7. The molecular weight excluding hydrogens is 226 g/mol. The molecule has 0 amide bonds. The highest BCUT2D eigenvalue weighted by atomic mass is 16.1. The molecule has 2 aromatic heterocycles. The van der Waals surface area contributed by atoms with Gasteiger partial charge in [0.25, 0.3) is 5.56 Å². The molecule has 3 N–H and O–H groups in total. The van der Waals surface area contributed by atoms with Crippen LogP contribution in [0.2, 0.25) is 0 Å². The van der Waals surface area contributed by atoms with Gasteiger partial charge in [-0.3, -0.25) is 4.79 Å². The zero-order chi connectivity index (χ0) is 12.5. The van der Waals surface area contributed by atoms with Crippen LogP contribution in [-0.2, 0) is 0 Å². The molecule has 0 unspecified atom stereocenters. The Labute approximate surface area is 103 Å². The van der Waals surface area contributed by atoms with E-state index in [0.717, 1.165) is 10.9 Å². The number of pyridine rings is 2. The molecule has 4 heteroatoms. The number of H-pyrrole nitrogens is 1. The number of nitrogens with one attached hydrogen (secondary N) is 1. The van der Waals surface area contributed by atoms with Gasteiger partial charge in [-0.05, 0) is 23.8 Å². The van der Waals surface area contributed by atoms with Crippen molar-refractivity contribution < 1.29 is 0 Å². The highest BCUT2D eigenvalue weighted by molar-refractivity contribution is 5.81. The third-order valence-corrected chi connectivity index (χ3v) is 2.81. The molecule has 3 rings (SSSR count). The molecule has 4 nitrogen and oxygen atoms in total. The van der Waals surface area contributed by atoms with Gasteiger partial charge in [0.1, 0.15) is 11.5 Å². The van der Waals surface area contributed by atoms with Crippen LogP contribution in [0.4, 0.5) is 5.82 Å². The van der Waals surface area contributed by atoms with Crippen LogP contribution in [0.5, 0.6) is 0 Å². The number of hydrogen-bond donors (Lipinski definition) is 2. The molecule has 2 heterocycles. The van der Waals surface area contributed by atoms with Crippen molar-refractivity contribution in [2.75, 3.05) is 5.73 Å². The second-order valence-electron chi connectivity index (χ2n) is 4.05. The second kappa shape index (κ2) is 4.00. The molecule has 18 heavy (non-hydrogen) atoms. The molecule has 3 aromatic rings. The number of anilines is 1. The zero-order valence-corrected chi connectivity index (χ0v) is 9.55. The van der Waals surface area contributed by atoms with Crippen LogP contribution in [0.1, 0.15) is 0 Å². The summed E-state index contributed by atoms with van der Waals surface area (Å²) in [5.74, 6) is 0.394. The predicted molar refractivity (Wildman–Crippen MR) is 72.2 cm³/mol. The van der Waals surface area contributed by atoms with Crippen LogP contribution in [0.25, 0.3) is 22.2 Å². The standard InChI is InChI=1S/C14H11N3O/c15-12-7-6-10-8-11(9-4-2-1-3-5-9)14(18)17-13(10)16-12/h1-8H,(H3,15,16,17,18). The summed E-state index contributed by atoms with van der Waals surface area (Å²) < 4.78 is 0. The molecular formula is C14H11N3O. The summed E-state index contributed by atoms with van der Waals surface area (Å²) in [7, 11) is 0. The van der Waals surface area contributed by atoms with Gasteiger partial charge in [-0.25, -0.2) is 4.98 Å². The van der Waals surface area contributed by atoms with Crippen LogP contribution in [-0.4, -0.2) is 9.97 Å². The summed E-state index contributed by atoms with van der Waals surface area (Å²) in [6, 6.07) is 14.9. The van der Waals surface area contributed by atoms with Crippen molar-refractivity contribution in [2.45, 2.75) is 0 Å². The fraction of sp³-hybridized carbons (Fsp3) is 0. The Morgan fingerprint density at radius 1 is 1.06 bits per heavy atom. The van der Waals surface area contributed by atoms with E-state index < -0.39 is 0 Å². The minimum Gasteiger partial charge on any atom is -0.384 e. The van der Waals surface area contributed by atoms with Crippen LogP contribution >= 0.6 is 0 Å². The van der Waals surface area contributed by atoms with Gasteiger partial charge in [-0.1, -0.05) is 30.3 Å². The van der Waals surface area contributed by atoms with Crippen molar-refractivity contribution in [1.29, 1.82) is 0 Å². The number of aromatic amines is 1. The fourth-order valence-electron chi connectivity index (χ4n) is 1.93. The Hall–Kier alpha value is -2.62. The Bertz CT molecular complexity index is 763. The first-order chi connectivity index (χ1) is 8.74. The fourth-order valence-corrected chi connectivity index (χ4v) is 1.93. The van der Waals surface area contributed by atoms with E-state index in [1.807, 2.05) is 42.5 Å². The number of hydrogen-bond acceptors (Lipinski definition) is 3. The Morgan fingerprint density at radius 2 is 1.83 bits per heavy atom. The molecule has 0 aliphatic heterocycles. The zero-order valence-electron chi connectivity index (χ0n) is 9.55. The lowest BCUT2D eigenvalue weighted by atomic mass is 10.1. The minimum atomic E-state index is -0.160. The van der Waals surface area contributed by atoms with E-state index in [1.165, 1.54) is 0 Å². The first-order valence-corrected chi connectivity index (χ1v) is 5.59. The van der Waals surface area contributed by atoms with E-state index in [4.69, 9.17) is 5.73 Å². The van der Waals surface area contributed by atoms with E-state index in [9.17, 15) is 4.79 Å². The number of fused-ring (bicyclic) bond motifs is 1. The van der Waals surface area contributed by atoms with E-state index in [1.54, 1.807) is 6.07 Å². The van der Waals surface area contributed by atoms with Gasteiger partial charge in [-0.2, -0.15) is 0 Å². The lowest BCUT2D eigenvalue weighted by Gasteiger charge is -2.03. The maximum absolute atomic E-state index is 12.0. The highest BCUT2D eigenvalue weighted by Gasteiger charge is 2.05.